The first-order valence-electron chi connectivity index (χ1n) is 19.2. The van der Waals surface area contributed by atoms with Gasteiger partial charge >= 0.3 is 0 Å². The first-order valence-corrected chi connectivity index (χ1v) is 19.2. The largest absolute Gasteiger partial charge is 0.394 e. The normalized spacial score (nSPS) is 45.8. The molecule has 2 heterocycles. The van der Waals surface area contributed by atoms with Crippen molar-refractivity contribution in [3.63, 3.8) is 0 Å². The average Bonchev–Trinajstić information content (AvgIpc) is 3.46. The molecule has 0 aromatic carbocycles. The second kappa shape index (κ2) is 17.5. The molecule has 0 amide bonds. The highest BCUT2D eigenvalue weighted by Crippen LogP contribution is 2.60. The summed E-state index contributed by atoms with van der Waals surface area (Å²) in [7, 11) is 0. The zero-order valence-corrected chi connectivity index (χ0v) is 30.8. The van der Waals surface area contributed by atoms with E-state index in [0.29, 0.717) is 23.8 Å². The third-order valence-corrected chi connectivity index (χ3v) is 12.7. The van der Waals surface area contributed by atoms with Crippen LogP contribution in [0, 0.1) is 29.1 Å². The van der Waals surface area contributed by atoms with Crippen LogP contribution in [0.15, 0.2) is 35.5 Å². The van der Waals surface area contributed by atoms with Crippen molar-refractivity contribution >= 4 is 0 Å². The number of hydrogen-bond donors (Lipinski definition) is 8. The first kappa shape index (κ1) is 40.9. The van der Waals surface area contributed by atoms with Crippen LogP contribution in [0.25, 0.3) is 0 Å². The third-order valence-electron chi connectivity index (χ3n) is 12.7. The molecule has 292 valence electrons. The predicted molar refractivity (Wildman–Crippen MR) is 188 cm³/mol. The van der Waals surface area contributed by atoms with E-state index in [1.165, 1.54) is 50.5 Å². The van der Waals surface area contributed by atoms with Gasteiger partial charge in [0.05, 0.1) is 25.4 Å². The SMILES string of the molecule is C=C1/C(=C\C=C2/CCC[C@]3(C)[C@@H](C(C)CCCC(C)C)CC[C@@H]23)C[C@@H](OC2O[C@H](CO)[C@@H](O[C@@H]3O[C@H](CO)C(O)[C@H](O)[C@H]3O)[C@H](O)[C@H]2O)C[C@@H]1O. The molecule has 2 saturated heterocycles. The fraction of sp³-hybridized carbons (Fsp3) is 0.846. The van der Waals surface area contributed by atoms with Gasteiger partial charge in [0.25, 0.3) is 0 Å². The van der Waals surface area contributed by atoms with Gasteiger partial charge in [-0.05, 0) is 78.8 Å². The van der Waals surface area contributed by atoms with Crippen molar-refractivity contribution in [3.8, 4) is 0 Å². The standard InChI is InChI=1S/C39H64O12/c1-20(2)8-6-9-21(3)26-13-14-27-23(10-7-15-39(26,27)5)11-12-24-16-25(17-28(42)22(24)4)48-37-35(47)33(45)36(30(19-41)50-37)51-38-34(46)32(44)31(43)29(18-40)49-38/h11-12,20-21,25-38,40-47H,4,6-10,13-19H2,1-3,5H3/b23-11+,24-12-/t21?,25-,26-,27+,28+,29-,30-,31?,32+,33-,34-,35-,36-,37?,38+,39-/m1/s1. The molecule has 3 unspecified atom stereocenters. The van der Waals surface area contributed by atoms with Crippen molar-refractivity contribution in [3.05, 3.63) is 35.5 Å². The lowest BCUT2D eigenvalue weighted by Gasteiger charge is -2.46. The number of fused-ring (bicyclic) bond motifs is 1. The van der Waals surface area contributed by atoms with Crippen LogP contribution in [0.4, 0.5) is 0 Å². The van der Waals surface area contributed by atoms with Crippen LogP contribution in [0.1, 0.15) is 91.9 Å². The first-order chi connectivity index (χ1) is 24.2. The van der Waals surface area contributed by atoms with Crippen LogP contribution in [0.2, 0.25) is 0 Å². The number of rotatable bonds is 12. The molecule has 3 saturated carbocycles. The number of hydrogen-bond acceptors (Lipinski definition) is 12. The van der Waals surface area contributed by atoms with E-state index in [4.69, 9.17) is 18.9 Å². The Morgan fingerprint density at radius 1 is 0.843 bits per heavy atom. The van der Waals surface area contributed by atoms with Crippen LogP contribution in [0.3, 0.4) is 0 Å². The maximum Gasteiger partial charge on any atom is 0.187 e. The second-order valence-electron chi connectivity index (χ2n) is 16.6. The Morgan fingerprint density at radius 3 is 2.20 bits per heavy atom. The van der Waals surface area contributed by atoms with Crippen molar-refractivity contribution in [1.29, 1.82) is 0 Å². The lowest BCUT2D eigenvalue weighted by Crippen LogP contribution is -2.65. The summed E-state index contributed by atoms with van der Waals surface area (Å²) in [5, 5.41) is 83.3. The minimum Gasteiger partial charge on any atom is -0.394 e. The molecule has 5 fully saturated rings. The monoisotopic (exact) mass is 724 g/mol. The Hall–Kier alpha value is -1.26. The zero-order chi connectivity index (χ0) is 37.2. The molecule has 12 nitrogen and oxygen atoms in total. The molecular formula is C39H64O12. The van der Waals surface area contributed by atoms with Crippen LogP contribution < -0.4 is 0 Å². The summed E-state index contributed by atoms with van der Waals surface area (Å²) in [4.78, 5) is 0. The van der Waals surface area contributed by atoms with Gasteiger partial charge in [0.1, 0.15) is 48.8 Å². The molecular weight excluding hydrogens is 660 g/mol. The highest BCUT2D eigenvalue weighted by atomic mass is 16.7. The van der Waals surface area contributed by atoms with E-state index in [0.717, 1.165) is 23.8 Å². The lowest BCUT2D eigenvalue weighted by molar-refractivity contribution is -0.363. The maximum atomic E-state index is 11.1. The molecule has 0 bridgehead atoms. The molecule has 5 rings (SSSR count). The summed E-state index contributed by atoms with van der Waals surface area (Å²) in [6.45, 7) is 12.4. The van der Waals surface area contributed by atoms with Gasteiger partial charge in [-0.15, -0.1) is 0 Å². The van der Waals surface area contributed by atoms with Gasteiger partial charge in [-0.25, -0.2) is 0 Å². The molecule has 5 aliphatic rings. The minimum atomic E-state index is -1.75. The smallest absolute Gasteiger partial charge is 0.187 e. The van der Waals surface area contributed by atoms with Gasteiger partial charge in [-0.1, -0.05) is 71.3 Å². The summed E-state index contributed by atoms with van der Waals surface area (Å²) in [6, 6.07) is 0. The van der Waals surface area contributed by atoms with Crippen LogP contribution >= 0.6 is 0 Å². The van der Waals surface area contributed by atoms with Crippen molar-refractivity contribution in [2.75, 3.05) is 13.2 Å². The molecule has 2 aliphatic heterocycles. The van der Waals surface area contributed by atoms with E-state index >= 15 is 0 Å². The van der Waals surface area contributed by atoms with Gasteiger partial charge in [0.15, 0.2) is 12.6 Å². The van der Waals surface area contributed by atoms with Gasteiger partial charge in [-0.2, -0.15) is 0 Å². The minimum absolute atomic E-state index is 0.196. The fourth-order valence-corrected chi connectivity index (χ4v) is 9.67. The maximum absolute atomic E-state index is 11.1. The molecule has 0 radical (unpaired) electrons. The van der Waals surface area contributed by atoms with Gasteiger partial charge in [0, 0.05) is 6.42 Å². The molecule has 3 aliphatic carbocycles. The third kappa shape index (κ3) is 8.84. The van der Waals surface area contributed by atoms with Crippen LogP contribution in [0.5, 0.6) is 0 Å². The summed E-state index contributed by atoms with van der Waals surface area (Å²) >= 11 is 0. The Morgan fingerprint density at radius 2 is 1.51 bits per heavy atom. The zero-order valence-electron chi connectivity index (χ0n) is 30.8. The van der Waals surface area contributed by atoms with E-state index in [2.05, 4.69) is 46.4 Å². The Labute approximate surface area is 302 Å². The molecule has 51 heavy (non-hydrogen) atoms. The molecule has 8 N–H and O–H groups in total. The van der Waals surface area contributed by atoms with Crippen LogP contribution in [-0.4, -0.2) is 128 Å². The Balaban J connectivity index is 1.23. The number of aliphatic hydroxyl groups excluding tert-OH is 8. The Bertz CT molecular complexity index is 1220. The second-order valence-corrected chi connectivity index (χ2v) is 16.6. The fourth-order valence-electron chi connectivity index (χ4n) is 9.67. The Kier molecular flexibility index (Phi) is 14.0. The van der Waals surface area contributed by atoms with Gasteiger partial charge in [-0.3, -0.25) is 0 Å². The number of allylic oxidation sites excluding steroid dienone is 3. The molecule has 0 spiro atoms. The van der Waals surface area contributed by atoms with Crippen LogP contribution in [-0.2, 0) is 18.9 Å². The van der Waals surface area contributed by atoms with E-state index in [9.17, 15) is 40.9 Å². The van der Waals surface area contributed by atoms with Gasteiger partial charge < -0.3 is 59.8 Å². The topological polar surface area (TPSA) is 199 Å². The van der Waals surface area contributed by atoms with E-state index in [1.807, 2.05) is 0 Å². The highest BCUT2D eigenvalue weighted by molar-refractivity contribution is 5.39. The van der Waals surface area contributed by atoms with Crippen molar-refractivity contribution in [2.24, 2.45) is 29.1 Å². The predicted octanol–water partition coefficient (Wildman–Crippen LogP) is 2.24. The summed E-state index contributed by atoms with van der Waals surface area (Å²) < 4.78 is 23.0. The molecule has 16 atom stereocenters. The lowest BCUT2D eigenvalue weighted by atomic mass is 9.60. The summed E-state index contributed by atoms with van der Waals surface area (Å²) in [6.07, 6.45) is -2.09. The summed E-state index contributed by atoms with van der Waals surface area (Å²) in [5.74, 6) is 2.70. The van der Waals surface area contributed by atoms with Crippen molar-refractivity contribution in [2.45, 2.75) is 166 Å². The number of aliphatic hydroxyl groups is 8. The van der Waals surface area contributed by atoms with Crippen molar-refractivity contribution in [1.82, 2.24) is 0 Å². The average molecular weight is 725 g/mol. The molecule has 0 aromatic heterocycles. The highest BCUT2D eigenvalue weighted by Gasteiger charge is 2.52. The van der Waals surface area contributed by atoms with E-state index in [-0.39, 0.29) is 11.8 Å². The number of ether oxygens (including phenoxy) is 4. The van der Waals surface area contributed by atoms with E-state index in [1.54, 1.807) is 0 Å². The van der Waals surface area contributed by atoms with Gasteiger partial charge in [0.2, 0.25) is 0 Å². The van der Waals surface area contributed by atoms with E-state index < -0.39 is 86.8 Å². The van der Waals surface area contributed by atoms with Crippen molar-refractivity contribution < 1.29 is 59.8 Å². The molecule has 0 aromatic rings. The molecule has 12 heteroatoms. The summed E-state index contributed by atoms with van der Waals surface area (Å²) in [5.41, 5.74) is 3.23. The quantitative estimate of drug-likeness (QED) is 0.146.